The zero-order valence-electron chi connectivity index (χ0n) is 12.5. The first kappa shape index (κ1) is 18.7. The normalized spacial score (nSPS) is 14.4. The van der Waals surface area contributed by atoms with Crippen molar-refractivity contribution in [3.05, 3.63) is 0 Å². The SMILES string of the molecule is CCCCSC[C@H](O)C[C@@H](CCC(C)C)C(=O)NN. The Morgan fingerprint density at radius 2 is 2.05 bits per heavy atom. The zero-order chi connectivity index (χ0) is 14.7. The highest BCUT2D eigenvalue weighted by Crippen LogP contribution is 2.19. The Bertz CT molecular complexity index is 237. The molecule has 0 heterocycles. The molecule has 114 valence electrons. The molecule has 0 radical (unpaired) electrons. The summed E-state index contributed by atoms with van der Waals surface area (Å²) in [6.07, 6.45) is 4.21. The van der Waals surface area contributed by atoms with E-state index in [0.717, 1.165) is 18.6 Å². The van der Waals surface area contributed by atoms with E-state index in [0.29, 0.717) is 18.1 Å². The smallest absolute Gasteiger partial charge is 0.237 e. The van der Waals surface area contributed by atoms with Crippen LogP contribution in [0.3, 0.4) is 0 Å². The average Bonchev–Trinajstić information content (AvgIpc) is 2.38. The maximum Gasteiger partial charge on any atom is 0.237 e. The van der Waals surface area contributed by atoms with Crippen LogP contribution in [0.15, 0.2) is 0 Å². The van der Waals surface area contributed by atoms with Crippen molar-refractivity contribution in [2.24, 2.45) is 17.7 Å². The maximum absolute atomic E-state index is 11.7. The van der Waals surface area contributed by atoms with E-state index < -0.39 is 6.10 Å². The van der Waals surface area contributed by atoms with Gasteiger partial charge in [0, 0.05) is 11.7 Å². The Morgan fingerprint density at radius 3 is 2.58 bits per heavy atom. The summed E-state index contributed by atoms with van der Waals surface area (Å²) >= 11 is 1.76. The van der Waals surface area contributed by atoms with Gasteiger partial charge in [-0.3, -0.25) is 10.2 Å². The number of rotatable bonds is 11. The summed E-state index contributed by atoms with van der Waals surface area (Å²) in [7, 11) is 0. The highest BCUT2D eigenvalue weighted by molar-refractivity contribution is 7.99. The number of carbonyl (C=O) groups is 1. The van der Waals surface area contributed by atoms with Crippen LogP contribution < -0.4 is 11.3 Å². The Kier molecular flexibility index (Phi) is 11.4. The van der Waals surface area contributed by atoms with Gasteiger partial charge in [-0.2, -0.15) is 11.8 Å². The highest BCUT2D eigenvalue weighted by atomic mass is 32.2. The second-order valence-electron chi connectivity index (χ2n) is 5.49. The molecule has 0 unspecified atom stereocenters. The maximum atomic E-state index is 11.7. The van der Waals surface area contributed by atoms with Crippen molar-refractivity contribution < 1.29 is 9.90 Å². The van der Waals surface area contributed by atoms with Crippen LogP contribution >= 0.6 is 11.8 Å². The molecule has 0 aliphatic carbocycles. The number of hydrazine groups is 1. The van der Waals surface area contributed by atoms with E-state index in [4.69, 9.17) is 5.84 Å². The minimum atomic E-state index is -0.420. The van der Waals surface area contributed by atoms with Gasteiger partial charge >= 0.3 is 0 Å². The van der Waals surface area contributed by atoms with Crippen LogP contribution in [-0.4, -0.2) is 28.6 Å². The van der Waals surface area contributed by atoms with Crippen LogP contribution in [0.5, 0.6) is 0 Å². The third-order valence-corrected chi connectivity index (χ3v) is 4.31. The molecule has 0 aromatic carbocycles. The number of carbonyl (C=O) groups excluding carboxylic acids is 1. The fourth-order valence-corrected chi connectivity index (χ4v) is 2.94. The predicted octanol–water partition coefficient (Wildman–Crippen LogP) is 2.31. The van der Waals surface area contributed by atoms with Crippen LogP contribution in [0.4, 0.5) is 0 Å². The van der Waals surface area contributed by atoms with E-state index in [1.54, 1.807) is 11.8 Å². The molecule has 0 saturated heterocycles. The lowest BCUT2D eigenvalue weighted by atomic mass is 9.92. The van der Waals surface area contributed by atoms with Gasteiger partial charge in [0.1, 0.15) is 0 Å². The second-order valence-corrected chi connectivity index (χ2v) is 6.64. The van der Waals surface area contributed by atoms with Crippen molar-refractivity contribution in [3.63, 3.8) is 0 Å². The molecule has 5 heteroatoms. The molecule has 0 aromatic rings. The first-order chi connectivity index (χ1) is 9.01. The summed E-state index contributed by atoms with van der Waals surface area (Å²) in [5.41, 5.74) is 2.21. The Morgan fingerprint density at radius 1 is 1.37 bits per heavy atom. The molecule has 0 rings (SSSR count). The summed E-state index contributed by atoms with van der Waals surface area (Å²) < 4.78 is 0. The third-order valence-electron chi connectivity index (χ3n) is 3.11. The Hall–Kier alpha value is -0.260. The summed E-state index contributed by atoms with van der Waals surface area (Å²) in [4.78, 5) is 11.7. The van der Waals surface area contributed by atoms with Gasteiger partial charge in [0.25, 0.3) is 0 Å². The number of nitrogens with one attached hydrogen (secondary N) is 1. The van der Waals surface area contributed by atoms with Crippen molar-refractivity contribution in [3.8, 4) is 0 Å². The van der Waals surface area contributed by atoms with Crippen LogP contribution in [0.25, 0.3) is 0 Å². The first-order valence-corrected chi connectivity index (χ1v) is 8.42. The van der Waals surface area contributed by atoms with E-state index in [1.807, 2.05) is 0 Å². The lowest BCUT2D eigenvalue weighted by Gasteiger charge is -2.19. The predicted molar refractivity (Wildman–Crippen MR) is 82.7 cm³/mol. The number of amides is 1. The molecule has 4 N–H and O–H groups in total. The van der Waals surface area contributed by atoms with Crippen LogP contribution in [0.1, 0.15) is 52.9 Å². The molecule has 19 heavy (non-hydrogen) atoms. The summed E-state index contributed by atoms with van der Waals surface area (Å²) in [5.74, 6) is 7.22. The monoisotopic (exact) mass is 290 g/mol. The van der Waals surface area contributed by atoms with Gasteiger partial charge in [0.2, 0.25) is 5.91 Å². The summed E-state index contributed by atoms with van der Waals surface area (Å²) in [6, 6.07) is 0. The summed E-state index contributed by atoms with van der Waals surface area (Å²) in [6.45, 7) is 6.42. The quantitative estimate of drug-likeness (QED) is 0.236. The van der Waals surface area contributed by atoms with E-state index in [2.05, 4.69) is 26.2 Å². The van der Waals surface area contributed by atoms with Crippen molar-refractivity contribution >= 4 is 17.7 Å². The Balaban J connectivity index is 4.04. The third kappa shape index (κ3) is 10.2. The van der Waals surface area contributed by atoms with E-state index >= 15 is 0 Å². The molecule has 0 aliphatic heterocycles. The van der Waals surface area contributed by atoms with E-state index in [1.165, 1.54) is 12.8 Å². The van der Waals surface area contributed by atoms with Gasteiger partial charge in [-0.25, -0.2) is 5.84 Å². The average molecular weight is 290 g/mol. The van der Waals surface area contributed by atoms with E-state index in [9.17, 15) is 9.90 Å². The van der Waals surface area contributed by atoms with Crippen LogP contribution in [0, 0.1) is 11.8 Å². The van der Waals surface area contributed by atoms with Gasteiger partial charge < -0.3 is 5.11 Å². The molecule has 1 amide bonds. The van der Waals surface area contributed by atoms with Gasteiger partial charge in [-0.15, -0.1) is 0 Å². The Labute approximate surface area is 121 Å². The highest BCUT2D eigenvalue weighted by Gasteiger charge is 2.21. The second kappa shape index (κ2) is 11.6. The lowest BCUT2D eigenvalue weighted by molar-refractivity contribution is -0.126. The fourth-order valence-electron chi connectivity index (χ4n) is 1.87. The fraction of sp³-hybridized carbons (Fsp3) is 0.929. The largest absolute Gasteiger partial charge is 0.392 e. The number of thioether (sulfide) groups is 1. The molecule has 0 saturated carbocycles. The van der Waals surface area contributed by atoms with Crippen molar-refractivity contribution in [1.82, 2.24) is 5.43 Å². The van der Waals surface area contributed by atoms with Crippen molar-refractivity contribution in [2.75, 3.05) is 11.5 Å². The van der Waals surface area contributed by atoms with E-state index in [-0.39, 0.29) is 11.8 Å². The number of unbranched alkanes of at least 4 members (excludes halogenated alkanes) is 1. The standard InChI is InChI=1S/C14H30N2O2S/c1-4-5-8-19-10-13(17)9-12(14(18)16-15)7-6-11(2)3/h11-13,17H,4-10,15H2,1-3H3,(H,16,18)/t12-,13-/m1/s1. The molecule has 2 atom stereocenters. The number of nitrogens with two attached hydrogens (primary N) is 1. The molecule has 0 aromatic heterocycles. The van der Waals surface area contributed by atoms with Crippen LogP contribution in [0.2, 0.25) is 0 Å². The number of hydrogen-bond donors (Lipinski definition) is 3. The molecule has 0 aliphatic rings. The van der Waals surface area contributed by atoms with Crippen molar-refractivity contribution in [1.29, 1.82) is 0 Å². The molecule has 4 nitrogen and oxygen atoms in total. The molecular weight excluding hydrogens is 260 g/mol. The van der Waals surface area contributed by atoms with Gasteiger partial charge in [-0.05, 0) is 30.9 Å². The topological polar surface area (TPSA) is 75.3 Å². The molecule has 0 fully saturated rings. The number of aliphatic hydroxyl groups excluding tert-OH is 1. The first-order valence-electron chi connectivity index (χ1n) is 7.27. The lowest BCUT2D eigenvalue weighted by Crippen LogP contribution is -2.37. The van der Waals surface area contributed by atoms with Gasteiger partial charge in [0.15, 0.2) is 0 Å². The summed E-state index contributed by atoms with van der Waals surface area (Å²) in [5, 5.41) is 9.99. The van der Waals surface area contributed by atoms with Crippen LogP contribution in [-0.2, 0) is 4.79 Å². The minimum absolute atomic E-state index is 0.154. The van der Waals surface area contributed by atoms with Crippen molar-refractivity contribution in [2.45, 2.75) is 59.0 Å². The molecular formula is C14H30N2O2S. The van der Waals surface area contributed by atoms with Gasteiger partial charge in [-0.1, -0.05) is 33.6 Å². The number of hydrogen-bond acceptors (Lipinski definition) is 4. The molecule has 0 spiro atoms. The number of aliphatic hydroxyl groups is 1. The molecule has 0 bridgehead atoms. The zero-order valence-corrected chi connectivity index (χ0v) is 13.3. The van der Waals surface area contributed by atoms with Gasteiger partial charge in [0.05, 0.1) is 6.10 Å². The minimum Gasteiger partial charge on any atom is -0.392 e.